The van der Waals surface area contributed by atoms with Crippen molar-refractivity contribution in [3.63, 3.8) is 0 Å². The van der Waals surface area contributed by atoms with Gasteiger partial charge in [0.15, 0.2) is 0 Å². The first-order valence-corrected chi connectivity index (χ1v) is 5.64. The quantitative estimate of drug-likeness (QED) is 0.384. The number of benzene rings is 2. The van der Waals surface area contributed by atoms with Crippen molar-refractivity contribution in [1.82, 2.24) is 0 Å². The Kier molecular flexibility index (Phi) is 3.10. The molecule has 0 aromatic heterocycles. The molecule has 3 nitrogen and oxygen atoms in total. The van der Waals surface area contributed by atoms with E-state index in [0.29, 0.717) is 6.42 Å². The molecular formula is C12H11BrN2O. The van der Waals surface area contributed by atoms with E-state index in [1.54, 1.807) is 0 Å². The van der Waals surface area contributed by atoms with Crippen LogP contribution in [-0.2, 0) is 6.42 Å². The Labute approximate surface area is 102 Å². The number of halogens is 1. The summed E-state index contributed by atoms with van der Waals surface area (Å²) in [5.74, 6) is 0.211. The Hall–Kier alpha value is -1.55. The number of rotatable bonds is 2. The number of amidine groups is 1. The molecule has 0 radical (unpaired) electrons. The molecule has 4 heteroatoms. The molecule has 3 N–H and O–H groups in total. The largest absolute Gasteiger partial charge is 0.409 e. The second kappa shape index (κ2) is 4.53. The van der Waals surface area contributed by atoms with Crippen LogP contribution in [0, 0.1) is 0 Å². The Morgan fingerprint density at radius 1 is 1.25 bits per heavy atom. The molecule has 0 heterocycles. The smallest absolute Gasteiger partial charge is 0.143 e. The number of hydrogen-bond donors (Lipinski definition) is 2. The molecule has 0 spiro atoms. The summed E-state index contributed by atoms with van der Waals surface area (Å²) in [6.45, 7) is 0. The summed E-state index contributed by atoms with van der Waals surface area (Å²) in [6.07, 6.45) is 0.441. The average Bonchev–Trinajstić information content (AvgIpc) is 2.29. The van der Waals surface area contributed by atoms with Crippen molar-refractivity contribution >= 4 is 32.5 Å². The molecule has 0 amide bonds. The fourth-order valence-electron chi connectivity index (χ4n) is 1.75. The van der Waals surface area contributed by atoms with Gasteiger partial charge in [-0.05, 0) is 22.4 Å². The molecule has 0 bridgehead atoms. The Morgan fingerprint density at radius 2 is 1.94 bits per heavy atom. The van der Waals surface area contributed by atoms with Crippen LogP contribution < -0.4 is 5.73 Å². The summed E-state index contributed by atoms with van der Waals surface area (Å²) in [7, 11) is 0. The van der Waals surface area contributed by atoms with E-state index >= 15 is 0 Å². The van der Waals surface area contributed by atoms with Crippen molar-refractivity contribution in [2.45, 2.75) is 6.42 Å². The minimum absolute atomic E-state index is 0.211. The third-order valence-corrected chi connectivity index (χ3v) is 3.10. The summed E-state index contributed by atoms with van der Waals surface area (Å²) in [5.41, 5.74) is 6.57. The van der Waals surface area contributed by atoms with Gasteiger partial charge in [0, 0.05) is 10.9 Å². The molecular weight excluding hydrogens is 268 g/mol. The number of fused-ring (bicyclic) bond motifs is 1. The molecule has 0 aliphatic carbocycles. The van der Waals surface area contributed by atoms with E-state index in [2.05, 4.69) is 21.1 Å². The highest BCUT2D eigenvalue weighted by atomic mass is 79.9. The van der Waals surface area contributed by atoms with Crippen molar-refractivity contribution in [3.05, 3.63) is 46.4 Å². The number of nitrogens with two attached hydrogens (primary N) is 1. The van der Waals surface area contributed by atoms with Gasteiger partial charge in [0.25, 0.3) is 0 Å². The fourth-order valence-corrected chi connectivity index (χ4v) is 2.38. The first-order chi connectivity index (χ1) is 7.72. The number of oxime groups is 1. The van der Waals surface area contributed by atoms with Gasteiger partial charge < -0.3 is 10.9 Å². The summed E-state index contributed by atoms with van der Waals surface area (Å²) in [6, 6.07) is 12.0. The van der Waals surface area contributed by atoms with Crippen molar-refractivity contribution in [2.75, 3.05) is 0 Å². The third-order valence-electron chi connectivity index (χ3n) is 2.44. The van der Waals surface area contributed by atoms with Gasteiger partial charge in [-0.25, -0.2) is 0 Å². The summed E-state index contributed by atoms with van der Waals surface area (Å²) in [4.78, 5) is 0. The van der Waals surface area contributed by atoms with Gasteiger partial charge >= 0.3 is 0 Å². The maximum atomic E-state index is 8.59. The predicted octanol–water partition coefficient (Wildman–Crippen LogP) is 2.89. The first kappa shape index (κ1) is 11.0. The molecule has 16 heavy (non-hydrogen) atoms. The first-order valence-electron chi connectivity index (χ1n) is 4.85. The van der Waals surface area contributed by atoms with Crippen LogP contribution in [-0.4, -0.2) is 11.0 Å². The molecule has 2 aromatic rings. The van der Waals surface area contributed by atoms with E-state index in [-0.39, 0.29) is 5.84 Å². The van der Waals surface area contributed by atoms with Gasteiger partial charge in [0.1, 0.15) is 5.84 Å². The van der Waals surface area contributed by atoms with Gasteiger partial charge in [0.2, 0.25) is 0 Å². The fraction of sp³-hybridized carbons (Fsp3) is 0.0833. The molecule has 0 fully saturated rings. The molecule has 0 unspecified atom stereocenters. The van der Waals surface area contributed by atoms with Crippen LogP contribution in [0.1, 0.15) is 5.56 Å². The van der Waals surface area contributed by atoms with Crippen LogP contribution >= 0.6 is 15.9 Å². The normalized spacial score (nSPS) is 11.9. The zero-order valence-corrected chi connectivity index (χ0v) is 10.1. The third kappa shape index (κ3) is 2.02. The number of nitrogens with zero attached hydrogens (tertiary/aromatic N) is 1. The van der Waals surface area contributed by atoms with E-state index in [4.69, 9.17) is 10.9 Å². The summed E-state index contributed by atoms with van der Waals surface area (Å²) in [5, 5.41) is 13.8. The Balaban J connectivity index is 2.61. The van der Waals surface area contributed by atoms with E-state index in [1.165, 1.54) is 0 Å². The van der Waals surface area contributed by atoms with Gasteiger partial charge in [-0.2, -0.15) is 0 Å². The molecule has 82 valence electrons. The van der Waals surface area contributed by atoms with Crippen LogP contribution in [0.3, 0.4) is 0 Å². The zero-order valence-electron chi connectivity index (χ0n) is 8.52. The van der Waals surface area contributed by atoms with Crippen molar-refractivity contribution in [2.24, 2.45) is 10.9 Å². The molecule has 0 aliphatic rings. The average molecular weight is 279 g/mol. The lowest BCUT2D eigenvalue weighted by Gasteiger charge is -2.07. The topological polar surface area (TPSA) is 58.6 Å². The highest BCUT2D eigenvalue weighted by Crippen LogP contribution is 2.27. The van der Waals surface area contributed by atoms with Crippen LogP contribution in [0.2, 0.25) is 0 Å². The molecule has 0 saturated carbocycles. The van der Waals surface area contributed by atoms with Crippen molar-refractivity contribution in [1.29, 1.82) is 0 Å². The van der Waals surface area contributed by atoms with Crippen molar-refractivity contribution in [3.8, 4) is 0 Å². The van der Waals surface area contributed by atoms with Gasteiger partial charge in [0.05, 0.1) is 0 Å². The minimum atomic E-state index is 0.211. The predicted molar refractivity (Wildman–Crippen MR) is 68.8 cm³/mol. The van der Waals surface area contributed by atoms with E-state index < -0.39 is 0 Å². The maximum absolute atomic E-state index is 8.59. The molecule has 2 aromatic carbocycles. The van der Waals surface area contributed by atoms with Crippen LogP contribution in [0.15, 0.2) is 46.0 Å². The van der Waals surface area contributed by atoms with Crippen LogP contribution in [0.25, 0.3) is 10.8 Å². The second-order valence-corrected chi connectivity index (χ2v) is 4.38. The molecule has 0 atom stereocenters. The van der Waals surface area contributed by atoms with E-state index in [9.17, 15) is 0 Å². The van der Waals surface area contributed by atoms with Gasteiger partial charge in [-0.15, -0.1) is 0 Å². The van der Waals surface area contributed by atoms with E-state index in [0.717, 1.165) is 20.8 Å². The molecule has 0 saturated heterocycles. The van der Waals surface area contributed by atoms with Crippen LogP contribution in [0.4, 0.5) is 0 Å². The summed E-state index contributed by atoms with van der Waals surface area (Å²) < 4.78 is 1.02. The summed E-state index contributed by atoms with van der Waals surface area (Å²) >= 11 is 3.52. The lowest BCUT2D eigenvalue weighted by atomic mass is 10.0. The SMILES string of the molecule is N/C(Cc1cccc2cccc(Br)c12)=N/O. The van der Waals surface area contributed by atoms with Crippen LogP contribution in [0.5, 0.6) is 0 Å². The maximum Gasteiger partial charge on any atom is 0.143 e. The zero-order chi connectivity index (χ0) is 11.5. The monoisotopic (exact) mass is 278 g/mol. The lowest BCUT2D eigenvalue weighted by molar-refractivity contribution is 0.317. The standard InChI is InChI=1S/C12H11BrN2O/c13-10-6-2-4-8-3-1-5-9(12(8)10)7-11(14)15-16/h1-6,16H,7H2,(H2,14,15). The van der Waals surface area contributed by atoms with Gasteiger partial charge in [-0.3, -0.25) is 0 Å². The number of hydrogen-bond acceptors (Lipinski definition) is 2. The lowest BCUT2D eigenvalue weighted by Crippen LogP contribution is -2.14. The minimum Gasteiger partial charge on any atom is -0.409 e. The highest BCUT2D eigenvalue weighted by Gasteiger charge is 2.06. The Morgan fingerprint density at radius 3 is 2.62 bits per heavy atom. The van der Waals surface area contributed by atoms with E-state index in [1.807, 2.05) is 36.4 Å². The second-order valence-electron chi connectivity index (χ2n) is 3.52. The highest BCUT2D eigenvalue weighted by molar-refractivity contribution is 9.10. The van der Waals surface area contributed by atoms with Crippen molar-refractivity contribution < 1.29 is 5.21 Å². The Bertz CT molecular complexity index is 546. The molecule has 2 rings (SSSR count). The molecule has 0 aliphatic heterocycles. The van der Waals surface area contributed by atoms with Gasteiger partial charge in [-0.1, -0.05) is 51.4 Å².